The van der Waals surface area contributed by atoms with Gasteiger partial charge in [0.25, 0.3) is 0 Å². The zero-order chi connectivity index (χ0) is 13.1. The van der Waals surface area contributed by atoms with Crippen molar-refractivity contribution in [2.24, 2.45) is 0 Å². The molecule has 100 valence electrons. The van der Waals surface area contributed by atoms with Crippen LogP contribution in [0.4, 0.5) is 0 Å². The lowest BCUT2D eigenvalue weighted by atomic mass is 10.2. The second-order valence-electron chi connectivity index (χ2n) is 4.04. The van der Waals surface area contributed by atoms with Crippen LogP contribution in [-0.4, -0.2) is 37.4 Å². The predicted octanol–water partition coefficient (Wildman–Crippen LogP) is 1.60. The molecule has 4 nitrogen and oxygen atoms in total. The molecule has 0 heterocycles. The Hall–Kier alpha value is -1.39. The second kappa shape index (κ2) is 9.62. The van der Waals surface area contributed by atoms with Crippen molar-refractivity contribution in [3.63, 3.8) is 0 Å². The van der Waals surface area contributed by atoms with Gasteiger partial charge in [-0.2, -0.15) is 0 Å². The number of ether oxygens (including phenoxy) is 1. The largest absolute Gasteiger partial charge is 0.462 e. The number of nitrogens with one attached hydrogen (secondary N) is 1. The molecule has 0 fully saturated rings. The van der Waals surface area contributed by atoms with E-state index < -0.39 is 0 Å². The fourth-order valence-corrected chi connectivity index (χ4v) is 1.56. The van der Waals surface area contributed by atoms with Crippen molar-refractivity contribution in [3.8, 4) is 0 Å². The van der Waals surface area contributed by atoms with Crippen molar-refractivity contribution in [3.05, 3.63) is 35.9 Å². The standard InChI is InChI=1S/C14H21NO3/c16-11-10-15-9-5-2-6-12-18-14(17)13-7-3-1-4-8-13/h1,3-4,7-8,15-16H,2,5-6,9-12H2. The summed E-state index contributed by atoms with van der Waals surface area (Å²) >= 11 is 0. The van der Waals surface area contributed by atoms with Crippen LogP contribution in [0.5, 0.6) is 0 Å². The third kappa shape index (κ3) is 6.37. The Morgan fingerprint density at radius 1 is 1.11 bits per heavy atom. The van der Waals surface area contributed by atoms with Gasteiger partial charge in [-0.15, -0.1) is 0 Å². The average Bonchev–Trinajstić information content (AvgIpc) is 2.42. The van der Waals surface area contributed by atoms with E-state index in [1.165, 1.54) is 0 Å². The maximum atomic E-state index is 11.6. The van der Waals surface area contributed by atoms with Gasteiger partial charge in [0.2, 0.25) is 0 Å². The summed E-state index contributed by atoms with van der Waals surface area (Å²) in [4.78, 5) is 11.6. The molecule has 0 bridgehead atoms. The van der Waals surface area contributed by atoms with Crippen molar-refractivity contribution in [1.29, 1.82) is 0 Å². The van der Waals surface area contributed by atoms with Crippen molar-refractivity contribution in [2.45, 2.75) is 19.3 Å². The van der Waals surface area contributed by atoms with Gasteiger partial charge in [0.15, 0.2) is 0 Å². The molecule has 0 spiro atoms. The molecule has 0 aliphatic heterocycles. The average molecular weight is 251 g/mol. The van der Waals surface area contributed by atoms with Crippen molar-refractivity contribution >= 4 is 5.97 Å². The highest BCUT2D eigenvalue weighted by Gasteiger charge is 2.04. The fraction of sp³-hybridized carbons (Fsp3) is 0.500. The number of aliphatic hydroxyl groups excluding tert-OH is 1. The molecule has 0 aromatic heterocycles. The molecule has 0 saturated carbocycles. The quantitative estimate of drug-likeness (QED) is 0.517. The molecular weight excluding hydrogens is 230 g/mol. The van der Waals surface area contributed by atoms with E-state index in [1.54, 1.807) is 12.1 Å². The number of esters is 1. The minimum absolute atomic E-state index is 0.175. The van der Waals surface area contributed by atoms with Gasteiger partial charge in [-0.25, -0.2) is 4.79 Å². The molecule has 0 saturated heterocycles. The van der Waals surface area contributed by atoms with E-state index in [2.05, 4.69) is 5.32 Å². The zero-order valence-corrected chi connectivity index (χ0v) is 10.6. The van der Waals surface area contributed by atoms with Crippen LogP contribution in [-0.2, 0) is 4.74 Å². The van der Waals surface area contributed by atoms with E-state index in [4.69, 9.17) is 9.84 Å². The van der Waals surface area contributed by atoms with Crippen LogP contribution in [0.1, 0.15) is 29.6 Å². The van der Waals surface area contributed by atoms with Gasteiger partial charge in [0, 0.05) is 6.54 Å². The highest BCUT2D eigenvalue weighted by molar-refractivity contribution is 5.89. The molecule has 2 N–H and O–H groups in total. The molecule has 0 aliphatic rings. The third-order valence-electron chi connectivity index (χ3n) is 2.53. The summed E-state index contributed by atoms with van der Waals surface area (Å²) in [6.45, 7) is 2.18. The summed E-state index contributed by atoms with van der Waals surface area (Å²) in [5.74, 6) is -0.256. The fourth-order valence-electron chi connectivity index (χ4n) is 1.56. The summed E-state index contributed by atoms with van der Waals surface area (Å²) in [5, 5.41) is 11.7. The van der Waals surface area contributed by atoms with Crippen molar-refractivity contribution in [2.75, 3.05) is 26.3 Å². The molecule has 0 amide bonds. The molecule has 1 rings (SSSR count). The summed E-state index contributed by atoms with van der Waals surface area (Å²) in [5.41, 5.74) is 0.599. The van der Waals surface area contributed by atoms with E-state index in [0.29, 0.717) is 18.7 Å². The molecule has 1 aromatic carbocycles. The summed E-state index contributed by atoms with van der Waals surface area (Å²) in [7, 11) is 0. The first-order chi connectivity index (χ1) is 8.84. The van der Waals surface area contributed by atoms with Gasteiger partial charge >= 0.3 is 5.97 Å². The first-order valence-electron chi connectivity index (χ1n) is 6.38. The number of unbranched alkanes of at least 4 members (excludes halogenated alkanes) is 2. The van der Waals surface area contributed by atoms with E-state index in [9.17, 15) is 4.79 Å². The molecule has 0 unspecified atom stereocenters. The van der Waals surface area contributed by atoms with Gasteiger partial charge in [0.05, 0.1) is 18.8 Å². The van der Waals surface area contributed by atoms with Crippen molar-refractivity contribution in [1.82, 2.24) is 5.32 Å². The molecule has 4 heteroatoms. The van der Waals surface area contributed by atoms with Gasteiger partial charge in [-0.1, -0.05) is 18.2 Å². The van der Waals surface area contributed by atoms with Gasteiger partial charge < -0.3 is 15.2 Å². The lowest BCUT2D eigenvalue weighted by Gasteiger charge is -2.05. The third-order valence-corrected chi connectivity index (χ3v) is 2.53. The molecular formula is C14H21NO3. The smallest absolute Gasteiger partial charge is 0.338 e. The maximum absolute atomic E-state index is 11.6. The number of rotatable bonds is 9. The molecule has 1 aromatic rings. The highest BCUT2D eigenvalue weighted by Crippen LogP contribution is 2.02. The Labute approximate surface area is 108 Å². The number of aliphatic hydroxyl groups is 1. The highest BCUT2D eigenvalue weighted by atomic mass is 16.5. The van der Waals surface area contributed by atoms with Crippen LogP contribution < -0.4 is 5.32 Å². The number of hydrogen-bond acceptors (Lipinski definition) is 4. The Morgan fingerprint density at radius 3 is 2.61 bits per heavy atom. The van der Waals surface area contributed by atoms with E-state index in [0.717, 1.165) is 25.8 Å². The van der Waals surface area contributed by atoms with Gasteiger partial charge in [-0.05, 0) is 37.9 Å². The SMILES string of the molecule is O=C(OCCCCCNCCO)c1ccccc1. The Kier molecular flexibility index (Phi) is 7.84. The van der Waals surface area contributed by atoms with E-state index >= 15 is 0 Å². The second-order valence-corrected chi connectivity index (χ2v) is 4.04. The van der Waals surface area contributed by atoms with Gasteiger partial charge in [0.1, 0.15) is 0 Å². The number of hydrogen-bond donors (Lipinski definition) is 2. The number of carbonyl (C=O) groups is 1. The van der Waals surface area contributed by atoms with Crippen LogP contribution in [0.15, 0.2) is 30.3 Å². The van der Waals surface area contributed by atoms with Crippen LogP contribution in [0, 0.1) is 0 Å². The summed E-state index contributed by atoms with van der Waals surface area (Å²) in [6, 6.07) is 9.02. The summed E-state index contributed by atoms with van der Waals surface area (Å²) in [6.07, 6.45) is 2.92. The van der Waals surface area contributed by atoms with Gasteiger partial charge in [-0.3, -0.25) is 0 Å². The molecule has 0 radical (unpaired) electrons. The first-order valence-corrected chi connectivity index (χ1v) is 6.38. The van der Waals surface area contributed by atoms with E-state index in [1.807, 2.05) is 18.2 Å². The van der Waals surface area contributed by atoms with Crippen molar-refractivity contribution < 1.29 is 14.6 Å². The Morgan fingerprint density at radius 2 is 1.89 bits per heavy atom. The van der Waals surface area contributed by atoms with Crippen LogP contribution in [0.3, 0.4) is 0 Å². The van der Waals surface area contributed by atoms with Crippen LogP contribution in [0.25, 0.3) is 0 Å². The molecule has 0 aliphatic carbocycles. The predicted molar refractivity (Wildman–Crippen MR) is 70.5 cm³/mol. The lowest BCUT2D eigenvalue weighted by Crippen LogP contribution is -2.19. The van der Waals surface area contributed by atoms with Crippen LogP contribution >= 0.6 is 0 Å². The Balaban J connectivity index is 2.00. The summed E-state index contributed by atoms with van der Waals surface area (Å²) < 4.78 is 5.16. The maximum Gasteiger partial charge on any atom is 0.338 e. The Bertz CT molecular complexity index is 327. The monoisotopic (exact) mass is 251 g/mol. The van der Waals surface area contributed by atoms with E-state index in [-0.39, 0.29) is 12.6 Å². The minimum atomic E-state index is -0.256. The molecule has 18 heavy (non-hydrogen) atoms. The normalized spacial score (nSPS) is 10.3. The van der Waals surface area contributed by atoms with Crippen LogP contribution in [0.2, 0.25) is 0 Å². The minimum Gasteiger partial charge on any atom is -0.462 e. The zero-order valence-electron chi connectivity index (χ0n) is 10.6. The first kappa shape index (κ1) is 14.7. The number of benzene rings is 1. The molecule has 0 atom stereocenters. The topological polar surface area (TPSA) is 58.6 Å². The number of carbonyl (C=O) groups excluding carboxylic acids is 1. The lowest BCUT2D eigenvalue weighted by molar-refractivity contribution is 0.0498.